The molecule has 0 heterocycles. The molecule has 0 unspecified atom stereocenters. The zero-order chi connectivity index (χ0) is 16.3. The van der Waals surface area contributed by atoms with Crippen molar-refractivity contribution in [2.24, 2.45) is 0 Å². The van der Waals surface area contributed by atoms with Crippen molar-refractivity contribution < 1.29 is 17.9 Å². The van der Waals surface area contributed by atoms with E-state index in [2.05, 4.69) is 5.32 Å². The van der Waals surface area contributed by atoms with Crippen LogP contribution in [-0.4, -0.2) is 27.7 Å². The van der Waals surface area contributed by atoms with Crippen LogP contribution in [0.4, 0.5) is 5.69 Å². The topological polar surface area (TPSA) is 72.5 Å². The largest absolute Gasteiger partial charge is 0.496 e. The fourth-order valence-corrected chi connectivity index (χ4v) is 2.96. The van der Waals surface area contributed by atoms with Crippen LogP contribution >= 0.6 is 11.6 Å². The van der Waals surface area contributed by atoms with Crippen molar-refractivity contribution in [2.45, 2.75) is 4.90 Å². The number of anilines is 1. The van der Waals surface area contributed by atoms with Gasteiger partial charge in [0.2, 0.25) is 0 Å². The first-order valence-corrected chi connectivity index (χ1v) is 8.54. The lowest BCUT2D eigenvalue weighted by Crippen LogP contribution is -2.15. The van der Waals surface area contributed by atoms with E-state index in [1.54, 1.807) is 24.3 Å². The Kier molecular flexibility index (Phi) is 4.73. The Morgan fingerprint density at radius 1 is 1.18 bits per heavy atom. The molecular formula is C15H14ClNO4S. The Hall–Kier alpha value is -2.05. The lowest BCUT2D eigenvalue weighted by molar-refractivity contribution is 0.102. The summed E-state index contributed by atoms with van der Waals surface area (Å²) in [5, 5.41) is 2.96. The number of carbonyl (C=O) groups excluding carboxylic acids is 1. The summed E-state index contributed by atoms with van der Waals surface area (Å²) in [5.74, 6) is -0.158. The van der Waals surface area contributed by atoms with E-state index in [1.165, 1.54) is 25.3 Å². The second-order valence-electron chi connectivity index (χ2n) is 4.57. The highest BCUT2D eigenvalue weighted by molar-refractivity contribution is 7.90. The summed E-state index contributed by atoms with van der Waals surface area (Å²) in [7, 11) is -2.02. The maximum atomic E-state index is 12.4. The Morgan fingerprint density at radius 3 is 2.50 bits per heavy atom. The van der Waals surface area contributed by atoms with Crippen molar-refractivity contribution in [3.8, 4) is 5.75 Å². The molecule has 0 bridgehead atoms. The van der Waals surface area contributed by atoms with E-state index in [0.29, 0.717) is 10.8 Å². The summed E-state index contributed by atoms with van der Waals surface area (Å²) in [6.07, 6.45) is 1.08. The Morgan fingerprint density at radius 2 is 1.86 bits per heavy atom. The minimum absolute atomic E-state index is 0.0457. The van der Waals surface area contributed by atoms with Crippen molar-refractivity contribution in [3.63, 3.8) is 0 Å². The first kappa shape index (κ1) is 16.3. The molecule has 2 rings (SSSR count). The highest BCUT2D eigenvalue weighted by Crippen LogP contribution is 2.26. The molecule has 5 nitrogen and oxygen atoms in total. The monoisotopic (exact) mass is 339 g/mol. The van der Waals surface area contributed by atoms with Crippen LogP contribution in [0.1, 0.15) is 10.4 Å². The molecule has 0 saturated carbocycles. The van der Waals surface area contributed by atoms with Gasteiger partial charge < -0.3 is 10.1 Å². The van der Waals surface area contributed by atoms with Gasteiger partial charge in [-0.25, -0.2) is 8.42 Å². The minimum Gasteiger partial charge on any atom is -0.496 e. The quantitative estimate of drug-likeness (QED) is 0.929. The number of methoxy groups -OCH3 is 1. The van der Waals surface area contributed by atoms with Crippen LogP contribution in [0.3, 0.4) is 0 Å². The van der Waals surface area contributed by atoms with Crippen molar-refractivity contribution in [3.05, 3.63) is 53.1 Å². The first-order chi connectivity index (χ1) is 10.3. The van der Waals surface area contributed by atoms with Crippen LogP contribution in [0.2, 0.25) is 5.02 Å². The number of halogens is 1. The molecular weight excluding hydrogens is 326 g/mol. The smallest absolute Gasteiger partial charge is 0.259 e. The van der Waals surface area contributed by atoms with Gasteiger partial charge in [-0.15, -0.1) is 0 Å². The number of hydrogen-bond acceptors (Lipinski definition) is 4. The number of ether oxygens (including phenoxy) is 1. The summed E-state index contributed by atoms with van der Waals surface area (Å²) in [5.41, 5.74) is 0.426. The highest BCUT2D eigenvalue weighted by Gasteiger charge is 2.18. The summed E-state index contributed by atoms with van der Waals surface area (Å²) in [4.78, 5) is 12.4. The molecule has 1 amide bonds. The van der Waals surface area contributed by atoms with Crippen LogP contribution in [0.25, 0.3) is 0 Å². The molecule has 0 saturated heterocycles. The van der Waals surface area contributed by atoms with E-state index in [4.69, 9.17) is 16.3 Å². The summed E-state index contributed by atoms with van der Waals surface area (Å²) < 4.78 is 28.6. The van der Waals surface area contributed by atoms with E-state index in [1.807, 2.05) is 0 Å². The third-order valence-corrected chi connectivity index (χ3v) is 4.33. The number of nitrogens with one attached hydrogen (secondary N) is 1. The molecule has 0 aliphatic carbocycles. The standard InChI is InChI=1S/C15H14ClNO4S/c1-21-13-8-7-10(16)9-11(13)15(18)17-12-5-3-4-6-14(12)22(2,19)20/h3-9H,1-2H3,(H,17,18). The highest BCUT2D eigenvalue weighted by atomic mass is 35.5. The molecule has 22 heavy (non-hydrogen) atoms. The van der Waals surface area contributed by atoms with Gasteiger partial charge in [-0.1, -0.05) is 23.7 Å². The normalized spacial score (nSPS) is 11.0. The SMILES string of the molecule is COc1ccc(Cl)cc1C(=O)Nc1ccccc1S(C)(=O)=O. The predicted molar refractivity (Wildman–Crippen MR) is 85.5 cm³/mol. The third kappa shape index (κ3) is 3.58. The Labute approximate surface area is 133 Å². The molecule has 0 aliphatic heterocycles. The lowest BCUT2D eigenvalue weighted by atomic mass is 10.2. The van der Waals surface area contributed by atoms with E-state index in [0.717, 1.165) is 6.26 Å². The number of para-hydroxylation sites is 1. The van der Waals surface area contributed by atoms with Crippen LogP contribution in [0.5, 0.6) is 5.75 Å². The first-order valence-electron chi connectivity index (χ1n) is 6.27. The molecule has 116 valence electrons. The minimum atomic E-state index is -3.46. The maximum Gasteiger partial charge on any atom is 0.259 e. The molecule has 7 heteroatoms. The zero-order valence-electron chi connectivity index (χ0n) is 12.0. The second-order valence-corrected chi connectivity index (χ2v) is 6.99. The zero-order valence-corrected chi connectivity index (χ0v) is 13.5. The van der Waals surface area contributed by atoms with Gasteiger partial charge in [-0.3, -0.25) is 4.79 Å². The Balaban J connectivity index is 2.41. The second kappa shape index (κ2) is 6.37. The van der Waals surface area contributed by atoms with E-state index >= 15 is 0 Å². The number of carbonyl (C=O) groups is 1. The summed E-state index contributed by atoms with van der Waals surface area (Å²) >= 11 is 5.89. The van der Waals surface area contributed by atoms with Gasteiger partial charge in [0.15, 0.2) is 9.84 Å². The molecule has 2 aromatic rings. The van der Waals surface area contributed by atoms with Gasteiger partial charge >= 0.3 is 0 Å². The van der Waals surface area contributed by atoms with Gasteiger partial charge in [0, 0.05) is 11.3 Å². The predicted octanol–water partition coefficient (Wildman–Crippen LogP) is 3.00. The molecule has 2 aromatic carbocycles. The molecule has 0 aliphatic rings. The van der Waals surface area contributed by atoms with Gasteiger partial charge in [0.25, 0.3) is 5.91 Å². The van der Waals surface area contributed by atoms with Crippen molar-refractivity contribution in [2.75, 3.05) is 18.7 Å². The van der Waals surface area contributed by atoms with Crippen molar-refractivity contribution in [1.29, 1.82) is 0 Å². The third-order valence-electron chi connectivity index (χ3n) is 2.94. The van der Waals surface area contributed by atoms with Crippen molar-refractivity contribution in [1.82, 2.24) is 0 Å². The molecule has 0 radical (unpaired) electrons. The van der Waals surface area contributed by atoms with E-state index < -0.39 is 15.7 Å². The summed E-state index contributed by atoms with van der Waals surface area (Å²) in [6, 6.07) is 10.8. The number of hydrogen-bond donors (Lipinski definition) is 1. The molecule has 0 fully saturated rings. The molecule has 0 aromatic heterocycles. The molecule has 0 spiro atoms. The average molecular weight is 340 g/mol. The van der Waals surface area contributed by atoms with E-state index in [9.17, 15) is 13.2 Å². The fraction of sp³-hybridized carbons (Fsp3) is 0.133. The maximum absolute atomic E-state index is 12.4. The summed E-state index contributed by atoms with van der Waals surface area (Å²) in [6.45, 7) is 0. The van der Waals surface area contributed by atoms with Gasteiger partial charge in [0.1, 0.15) is 5.75 Å². The van der Waals surface area contributed by atoms with Crippen LogP contribution in [0, 0.1) is 0 Å². The fourth-order valence-electron chi connectivity index (χ4n) is 1.94. The molecule has 0 atom stereocenters. The average Bonchev–Trinajstić information content (AvgIpc) is 2.46. The van der Waals surface area contributed by atoms with Crippen LogP contribution in [-0.2, 0) is 9.84 Å². The lowest BCUT2D eigenvalue weighted by Gasteiger charge is -2.12. The van der Waals surface area contributed by atoms with Gasteiger partial charge in [-0.05, 0) is 30.3 Å². The van der Waals surface area contributed by atoms with Gasteiger partial charge in [0.05, 0.1) is 23.3 Å². The van der Waals surface area contributed by atoms with Gasteiger partial charge in [-0.2, -0.15) is 0 Å². The van der Waals surface area contributed by atoms with Crippen LogP contribution in [0.15, 0.2) is 47.4 Å². The Bertz CT molecular complexity index is 818. The number of benzene rings is 2. The number of sulfone groups is 1. The number of rotatable bonds is 4. The van der Waals surface area contributed by atoms with E-state index in [-0.39, 0.29) is 16.1 Å². The number of amides is 1. The van der Waals surface area contributed by atoms with Crippen molar-refractivity contribution >= 4 is 33.0 Å². The van der Waals surface area contributed by atoms with Crippen LogP contribution < -0.4 is 10.1 Å². The molecule has 1 N–H and O–H groups in total.